The molecule has 0 radical (unpaired) electrons. The Morgan fingerprint density at radius 3 is 3.11 bits per heavy atom. The smallest absolute Gasteiger partial charge is 0.329 e. The van der Waals surface area contributed by atoms with E-state index in [9.17, 15) is 4.79 Å². The number of aromatic nitrogens is 1. The fourth-order valence-electron chi connectivity index (χ4n) is 2.48. The molecule has 6 heteroatoms. The summed E-state index contributed by atoms with van der Waals surface area (Å²) in [6.07, 6.45) is 5.94. The molecule has 0 amide bonds. The molecule has 2 N–H and O–H groups in total. The van der Waals surface area contributed by atoms with Crippen LogP contribution in [-0.2, 0) is 15.1 Å². The monoisotopic (exact) mass is 328 g/mol. The number of carbonyl (C=O) groups is 1. The Balaban J connectivity index is 2.32. The molecule has 1 atom stereocenters. The Morgan fingerprint density at radius 2 is 2.37 bits per heavy atom. The molecular weight excluding hydrogens is 312 g/mol. The highest BCUT2D eigenvalue weighted by Gasteiger charge is 2.36. The lowest BCUT2D eigenvalue weighted by atomic mass is 9.87. The molecule has 1 aromatic heterocycles. The quantitative estimate of drug-likeness (QED) is 0.883. The zero-order valence-electron chi connectivity index (χ0n) is 10.6. The Hall–Kier alpha value is -0.980. The second kappa shape index (κ2) is 6.45. The number of carboxylic acids is 1. The Labute approximate surface area is 120 Å². The first-order valence-electron chi connectivity index (χ1n) is 6.30. The van der Waals surface area contributed by atoms with E-state index >= 15 is 0 Å². The van der Waals surface area contributed by atoms with E-state index < -0.39 is 11.6 Å². The summed E-state index contributed by atoms with van der Waals surface area (Å²) in [6.45, 7) is 1.46. The SMILES string of the molecule is O=C(O)COC1(c2ccncc2Br)CCCNCC1. The molecule has 1 fully saturated rings. The zero-order chi connectivity index (χ0) is 13.7. The molecule has 2 heterocycles. The van der Waals surface area contributed by atoms with Crippen LogP contribution in [0, 0.1) is 0 Å². The van der Waals surface area contributed by atoms with Gasteiger partial charge in [-0.1, -0.05) is 0 Å². The first-order chi connectivity index (χ1) is 9.14. The first kappa shape index (κ1) is 14.4. The average molecular weight is 329 g/mol. The predicted molar refractivity (Wildman–Crippen MR) is 73.9 cm³/mol. The maximum absolute atomic E-state index is 10.8. The third kappa shape index (κ3) is 3.52. The number of nitrogens with one attached hydrogen (secondary N) is 1. The van der Waals surface area contributed by atoms with Gasteiger partial charge in [-0.2, -0.15) is 0 Å². The van der Waals surface area contributed by atoms with Crippen molar-refractivity contribution in [3.8, 4) is 0 Å². The van der Waals surface area contributed by atoms with E-state index in [0.29, 0.717) is 0 Å². The Morgan fingerprint density at radius 1 is 1.53 bits per heavy atom. The van der Waals surface area contributed by atoms with Crippen LogP contribution in [0.5, 0.6) is 0 Å². The van der Waals surface area contributed by atoms with Gasteiger partial charge < -0.3 is 15.2 Å². The number of ether oxygens (including phenoxy) is 1. The largest absolute Gasteiger partial charge is 0.480 e. The highest BCUT2D eigenvalue weighted by atomic mass is 79.9. The van der Waals surface area contributed by atoms with Crippen LogP contribution in [-0.4, -0.2) is 35.8 Å². The van der Waals surface area contributed by atoms with Crippen molar-refractivity contribution in [2.75, 3.05) is 19.7 Å². The molecule has 5 nitrogen and oxygen atoms in total. The van der Waals surface area contributed by atoms with Gasteiger partial charge in [0.25, 0.3) is 0 Å². The van der Waals surface area contributed by atoms with Gasteiger partial charge >= 0.3 is 5.97 Å². The van der Waals surface area contributed by atoms with Crippen LogP contribution in [0.3, 0.4) is 0 Å². The Bertz CT molecular complexity index is 445. The molecule has 1 unspecified atom stereocenters. The van der Waals surface area contributed by atoms with Gasteiger partial charge in [0.05, 0.1) is 5.60 Å². The molecule has 19 heavy (non-hydrogen) atoms. The molecule has 0 bridgehead atoms. The van der Waals surface area contributed by atoms with E-state index in [0.717, 1.165) is 42.4 Å². The number of halogens is 1. The maximum atomic E-state index is 10.8. The number of carboxylic acid groups (broad SMARTS) is 1. The summed E-state index contributed by atoms with van der Waals surface area (Å²) in [4.78, 5) is 14.9. The van der Waals surface area contributed by atoms with E-state index in [-0.39, 0.29) is 6.61 Å². The molecule has 0 saturated carbocycles. The summed E-state index contributed by atoms with van der Waals surface area (Å²) in [5.74, 6) is -0.943. The molecule has 1 saturated heterocycles. The van der Waals surface area contributed by atoms with Crippen molar-refractivity contribution in [1.82, 2.24) is 10.3 Å². The topological polar surface area (TPSA) is 71.5 Å². The average Bonchev–Trinajstić information content (AvgIpc) is 2.63. The van der Waals surface area contributed by atoms with Gasteiger partial charge in [-0.3, -0.25) is 4.98 Å². The summed E-state index contributed by atoms with van der Waals surface area (Å²) in [7, 11) is 0. The summed E-state index contributed by atoms with van der Waals surface area (Å²) < 4.78 is 6.64. The molecule has 0 aromatic carbocycles. The van der Waals surface area contributed by atoms with E-state index in [2.05, 4.69) is 26.2 Å². The van der Waals surface area contributed by atoms with E-state index in [1.165, 1.54) is 0 Å². The van der Waals surface area contributed by atoms with Crippen LogP contribution >= 0.6 is 15.9 Å². The molecule has 1 aliphatic rings. The third-order valence-corrected chi connectivity index (χ3v) is 4.01. The summed E-state index contributed by atoms with van der Waals surface area (Å²) >= 11 is 3.49. The normalized spacial score (nSPS) is 23.8. The minimum Gasteiger partial charge on any atom is -0.480 e. The van der Waals surface area contributed by atoms with Crippen LogP contribution in [0.25, 0.3) is 0 Å². The van der Waals surface area contributed by atoms with Gasteiger partial charge in [0.1, 0.15) is 6.61 Å². The van der Waals surface area contributed by atoms with Gasteiger partial charge in [0, 0.05) is 22.4 Å². The number of aliphatic carboxylic acids is 1. The Kier molecular flexibility index (Phi) is 4.90. The molecule has 1 aliphatic heterocycles. The van der Waals surface area contributed by atoms with Gasteiger partial charge in [-0.15, -0.1) is 0 Å². The number of nitrogens with zero attached hydrogens (tertiary/aromatic N) is 1. The molecule has 104 valence electrons. The van der Waals surface area contributed by atoms with Gasteiger partial charge in [0.15, 0.2) is 0 Å². The third-order valence-electron chi connectivity index (χ3n) is 3.38. The molecule has 0 aliphatic carbocycles. The predicted octanol–water partition coefficient (Wildman–Crippen LogP) is 1.91. The van der Waals surface area contributed by atoms with Crippen molar-refractivity contribution in [1.29, 1.82) is 0 Å². The minimum atomic E-state index is -0.943. The van der Waals surface area contributed by atoms with Crippen molar-refractivity contribution in [2.24, 2.45) is 0 Å². The zero-order valence-corrected chi connectivity index (χ0v) is 12.1. The van der Waals surface area contributed by atoms with Crippen molar-refractivity contribution in [2.45, 2.75) is 24.9 Å². The van der Waals surface area contributed by atoms with Crippen LogP contribution in [0.4, 0.5) is 0 Å². The van der Waals surface area contributed by atoms with Crippen molar-refractivity contribution in [3.63, 3.8) is 0 Å². The van der Waals surface area contributed by atoms with Crippen molar-refractivity contribution < 1.29 is 14.6 Å². The van der Waals surface area contributed by atoms with Crippen LogP contribution in [0.2, 0.25) is 0 Å². The maximum Gasteiger partial charge on any atom is 0.329 e. The molecule has 2 rings (SSSR count). The fraction of sp³-hybridized carbons (Fsp3) is 0.538. The standard InChI is InChI=1S/C13H17BrN2O3/c14-11-8-16-6-2-10(11)13(19-9-12(17)18)3-1-5-15-7-4-13/h2,6,8,15H,1,3-5,7,9H2,(H,17,18). The minimum absolute atomic E-state index is 0.283. The van der Waals surface area contributed by atoms with Crippen molar-refractivity contribution in [3.05, 3.63) is 28.5 Å². The van der Waals surface area contributed by atoms with E-state index in [1.807, 2.05) is 6.07 Å². The summed E-state index contributed by atoms with van der Waals surface area (Å²) in [6, 6.07) is 1.90. The number of hydrogen-bond donors (Lipinski definition) is 2. The van der Waals surface area contributed by atoms with Gasteiger partial charge in [-0.25, -0.2) is 4.79 Å². The molecule has 1 aromatic rings. The highest BCUT2D eigenvalue weighted by Crippen LogP contribution is 2.38. The van der Waals surface area contributed by atoms with E-state index in [4.69, 9.17) is 9.84 Å². The summed E-state index contributed by atoms with van der Waals surface area (Å²) in [5.41, 5.74) is 0.427. The van der Waals surface area contributed by atoms with Crippen molar-refractivity contribution >= 4 is 21.9 Å². The lowest BCUT2D eigenvalue weighted by Gasteiger charge is -2.33. The van der Waals surface area contributed by atoms with Crippen LogP contribution < -0.4 is 5.32 Å². The number of pyridine rings is 1. The molecule has 0 spiro atoms. The first-order valence-corrected chi connectivity index (χ1v) is 7.10. The van der Waals surface area contributed by atoms with Gasteiger partial charge in [0.2, 0.25) is 0 Å². The van der Waals surface area contributed by atoms with E-state index in [1.54, 1.807) is 12.4 Å². The number of hydrogen-bond acceptors (Lipinski definition) is 4. The second-order valence-corrected chi connectivity index (χ2v) is 5.49. The number of rotatable bonds is 4. The lowest BCUT2D eigenvalue weighted by Crippen LogP contribution is -2.33. The summed E-state index contributed by atoms with van der Waals surface area (Å²) in [5, 5.41) is 12.2. The lowest BCUT2D eigenvalue weighted by molar-refractivity contribution is -0.151. The van der Waals surface area contributed by atoms with Crippen LogP contribution in [0.1, 0.15) is 24.8 Å². The van der Waals surface area contributed by atoms with Crippen LogP contribution in [0.15, 0.2) is 22.9 Å². The van der Waals surface area contributed by atoms with Gasteiger partial charge in [-0.05, 0) is 54.3 Å². The highest BCUT2D eigenvalue weighted by molar-refractivity contribution is 9.10. The molecular formula is C13H17BrN2O3. The second-order valence-electron chi connectivity index (χ2n) is 4.64. The fourth-order valence-corrected chi connectivity index (χ4v) is 3.09.